The van der Waals surface area contributed by atoms with E-state index < -0.39 is 0 Å². The summed E-state index contributed by atoms with van der Waals surface area (Å²) in [5.41, 5.74) is 3.20. The summed E-state index contributed by atoms with van der Waals surface area (Å²) in [4.78, 5) is 13.5. The van der Waals surface area contributed by atoms with Gasteiger partial charge in [0.25, 0.3) is 0 Å². The molecule has 2 aromatic rings. The van der Waals surface area contributed by atoms with E-state index in [1.54, 1.807) is 0 Å². The number of nitrogens with zero attached hydrogens (tertiary/aromatic N) is 3. The van der Waals surface area contributed by atoms with Gasteiger partial charge in [-0.15, -0.1) is 0 Å². The van der Waals surface area contributed by atoms with Crippen LogP contribution in [0.1, 0.15) is 56.7 Å². The molecule has 90 valence electrons. The van der Waals surface area contributed by atoms with E-state index in [0.717, 1.165) is 28.1 Å². The van der Waals surface area contributed by atoms with E-state index in [4.69, 9.17) is 4.98 Å². The molecule has 0 aliphatic heterocycles. The Labute approximate surface area is 102 Å². The van der Waals surface area contributed by atoms with E-state index in [1.807, 2.05) is 13.1 Å². The van der Waals surface area contributed by atoms with E-state index in [1.165, 1.54) is 0 Å². The normalized spacial score (nSPS) is 11.7. The van der Waals surface area contributed by atoms with Crippen molar-refractivity contribution in [3.63, 3.8) is 0 Å². The van der Waals surface area contributed by atoms with Crippen molar-refractivity contribution < 1.29 is 0 Å². The lowest BCUT2D eigenvalue weighted by Gasteiger charge is -2.13. The molecule has 2 rings (SSSR count). The number of pyridine rings is 1. The molecule has 17 heavy (non-hydrogen) atoms. The van der Waals surface area contributed by atoms with Gasteiger partial charge in [0.15, 0.2) is 0 Å². The Bertz CT molecular complexity index is 544. The van der Waals surface area contributed by atoms with E-state index >= 15 is 0 Å². The van der Waals surface area contributed by atoms with Crippen LogP contribution in [0.2, 0.25) is 0 Å². The number of rotatable bonds is 2. The summed E-state index contributed by atoms with van der Waals surface area (Å²) < 4.78 is 0. The second-order valence-corrected chi connectivity index (χ2v) is 5.10. The SMILES string of the molecule is Cc1ncc2cc(C(C)C)nc(C(C)C)c2n1. The van der Waals surface area contributed by atoms with Crippen LogP contribution in [0.4, 0.5) is 0 Å². The average molecular weight is 229 g/mol. The van der Waals surface area contributed by atoms with Crippen molar-refractivity contribution in [1.29, 1.82) is 0 Å². The van der Waals surface area contributed by atoms with Crippen LogP contribution in [0.5, 0.6) is 0 Å². The van der Waals surface area contributed by atoms with Gasteiger partial charge in [-0.1, -0.05) is 27.7 Å². The Morgan fingerprint density at radius 3 is 2.29 bits per heavy atom. The molecule has 0 bridgehead atoms. The van der Waals surface area contributed by atoms with Crippen molar-refractivity contribution in [2.75, 3.05) is 0 Å². The summed E-state index contributed by atoms with van der Waals surface area (Å²) >= 11 is 0. The molecular formula is C14H19N3. The topological polar surface area (TPSA) is 38.7 Å². The van der Waals surface area contributed by atoms with E-state index in [2.05, 4.69) is 43.7 Å². The zero-order valence-electron chi connectivity index (χ0n) is 11.2. The van der Waals surface area contributed by atoms with Gasteiger partial charge in [0.05, 0.1) is 11.2 Å². The summed E-state index contributed by atoms with van der Waals surface area (Å²) in [7, 11) is 0. The lowest BCUT2D eigenvalue weighted by molar-refractivity contribution is 0.771. The first-order chi connectivity index (χ1) is 7.99. The Morgan fingerprint density at radius 2 is 1.71 bits per heavy atom. The van der Waals surface area contributed by atoms with Crippen LogP contribution in [0.25, 0.3) is 10.9 Å². The van der Waals surface area contributed by atoms with Gasteiger partial charge < -0.3 is 0 Å². The molecule has 0 aliphatic rings. The van der Waals surface area contributed by atoms with Crippen molar-refractivity contribution in [3.8, 4) is 0 Å². The molecule has 2 heterocycles. The van der Waals surface area contributed by atoms with Crippen LogP contribution in [0.15, 0.2) is 12.3 Å². The minimum atomic E-state index is 0.380. The first-order valence-corrected chi connectivity index (χ1v) is 6.13. The Kier molecular flexibility index (Phi) is 3.09. The highest BCUT2D eigenvalue weighted by Gasteiger charge is 2.12. The molecule has 3 nitrogen and oxygen atoms in total. The Balaban J connectivity index is 2.76. The number of hydrogen-bond donors (Lipinski definition) is 0. The third-order valence-corrected chi connectivity index (χ3v) is 2.87. The van der Waals surface area contributed by atoms with Crippen LogP contribution in [-0.4, -0.2) is 15.0 Å². The maximum atomic E-state index is 4.75. The van der Waals surface area contributed by atoms with Gasteiger partial charge in [0.2, 0.25) is 0 Å². The second-order valence-electron chi connectivity index (χ2n) is 5.10. The smallest absolute Gasteiger partial charge is 0.125 e. The van der Waals surface area contributed by atoms with Crippen molar-refractivity contribution >= 4 is 10.9 Å². The molecule has 0 unspecified atom stereocenters. The van der Waals surface area contributed by atoms with Crippen molar-refractivity contribution in [2.24, 2.45) is 0 Å². The van der Waals surface area contributed by atoms with Gasteiger partial charge in [0.1, 0.15) is 5.82 Å². The molecule has 0 spiro atoms. The highest BCUT2D eigenvalue weighted by molar-refractivity contribution is 5.80. The first-order valence-electron chi connectivity index (χ1n) is 6.13. The van der Waals surface area contributed by atoms with Gasteiger partial charge in [-0.05, 0) is 24.8 Å². The third kappa shape index (κ3) is 2.28. The molecule has 0 fully saturated rings. The lowest BCUT2D eigenvalue weighted by atomic mass is 10.0. The summed E-state index contributed by atoms with van der Waals surface area (Å²) in [5, 5.41) is 1.10. The van der Waals surface area contributed by atoms with Gasteiger partial charge in [-0.25, -0.2) is 9.97 Å². The van der Waals surface area contributed by atoms with E-state index in [-0.39, 0.29) is 0 Å². The quantitative estimate of drug-likeness (QED) is 0.790. The summed E-state index contributed by atoms with van der Waals surface area (Å²) in [6, 6.07) is 2.10. The standard InChI is InChI=1S/C14H19N3/c1-8(2)12-6-11-7-15-10(5)16-14(11)13(17-12)9(3)4/h6-9H,1-5H3. The van der Waals surface area contributed by atoms with Crippen LogP contribution >= 0.6 is 0 Å². The Morgan fingerprint density at radius 1 is 1.00 bits per heavy atom. The van der Waals surface area contributed by atoms with E-state index in [9.17, 15) is 0 Å². The highest BCUT2D eigenvalue weighted by Crippen LogP contribution is 2.25. The predicted molar refractivity (Wildman–Crippen MR) is 70.2 cm³/mol. The van der Waals surface area contributed by atoms with E-state index in [0.29, 0.717) is 11.8 Å². The van der Waals surface area contributed by atoms with Crippen molar-refractivity contribution in [2.45, 2.75) is 46.5 Å². The second kappa shape index (κ2) is 4.40. The highest BCUT2D eigenvalue weighted by atomic mass is 14.9. The molecule has 2 aromatic heterocycles. The van der Waals surface area contributed by atoms with Crippen LogP contribution in [0, 0.1) is 6.92 Å². The maximum Gasteiger partial charge on any atom is 0.125 e. The average Bonchev–Trinajstić information content (AvgIpc) is 2.27. The summed E-state index contributed by atoms with van der Waals surface area (Å²) in [6.07, 6.45) is 1.90. The largest absolute Gasteiger partial charge is 0.255 e. The fourth-order valence-corrected chi connectivity index (χ4v) is 1.87. The minimum absolute atomic E-state index is 0.380. The van der Waals surface area contributed by atoms with Crippen LogP contribution in [-0.2, 0) is 0 Å². The van der Waals surface area contributed by atoms with Crippen molar-refractivity contribution in [1.82, 2.24) is 15.0 Å². The molecule has 0 saturated heterocycles. The molecule has 0 aliphatic carbocycles. The maximum absolute atomic E-state index is 4.75. The Hall–Kier alpha value is -1.51. The molecule has 0 radical (unpaired) electrons. The monoisotopic (exact) mass is 229 g/mol. The minimum Gasteiger partial charge on any atom is -0.255 e. The number of aryl methyl sites for hydroxylation is 1. The molecule has 3 heteroatoms. The number of aromatic nitrogens is 3. The molecule has 0 amide bonds. The van der Waals surface area contributed by atoms with Crippen molar-refractivity contribution in [3.05, 3.63) is 29.5 Å². The molecule has 0 N–H and O–H groups in total. The molecule has 0 aromatic carbocycles. The fourth-order valence-electron chi connectivity index (χ4n) is 1.87. The molecule has 0 saturated carbocycles. The number of fused-ring (bicyclic) bond motifs is 1. The molecule has 0 atom stereocenters. The van der Waals surface area contributed by atoms with Gasteiger partial charge >= 0.3 is 0 Å². The number of hydrogen-bond acceptors (Lipinski definition) is 3. The zero-order valence-corrected chi connectivity index (χ0v) is 11.2. The summed E-state index contributed by atoms with van der Waals surface area (Å²) in [6.45, 7) is 10.5. The predicted octanol–water partition coefficient (Wildman–Crippen LogP) is 3.58. The first kappa shape index (κ1) is 12.0. The lowest BCUT2D eigenvalue weighted by Crippen LogP contribution is -2.03. The fraction of sp³-hybridized carbons (Fsp3) is 0.500. The van der Waals surface area contributed by atoms with Crippen LogP contribution in [0.3, 0.4) is 0 Å². The molecular weight excluding hydrogens is 210 g/mol. The van der Waals surface area contributed by atoms with Gasteiger partial charge in [0, 0.05) is 17.3 Å². The van der Waals surface area contributed by atoms with Crippen LogP contribution < -0.4 is 0 Å². The van der Waals surface area contributed by atoms with Gasteiger partial charge in [-0.2, -0.15) is 0 Å². The third-order valence-electron chi connectivity index (χ3n) is 2.87. The summed E-state index contributed by atoms with van der Waals surface area (Å²) in [5.74, 6) is 1.61. The van der Waals surface area contributed by atoms with Gasteiger partial charge in [-0.3, -0.25) is 4.98 Å². The zero-order chi connectivity index (χ0) is 12.6.